The average Bonchev–Trinajstić information content (AvgIpc) is 2.55. The fourth-order valence-corrected chi connectivity index (χ4v) is 2.12. The number of nitrogens with zero attached hydrogens (tertiary/aromatic N) is 2. The van der Waals surface area contributed by atoms with Gasteiger partial charge in [0.05, 0.1) is 9.95 Å². The molecule has 23 heavy (non-hydrogen) atoms. The van der Waals surface area contributed by atoms with Crippen LogP contribution in [0.3, 0.4) is 0 Å². The predicted molar refractivity (Wildman–Crippen MR) is 88.5 cm³/mol. The summed E-state index contributed by atoms with van der Waals surface area (Å²) in [5.74, 6) is -0.0282. The number of nitro groups is 1. The third-order valence-electron chi connectivity index (χ3n) is 3.09. The first-order chi connectivity index (χ1) is 10.9. The smallest absolute Gasteiger partial charge is 0.269 e. The molecule has 0 saturated heterocycles. The summed E-state index contributed by atoms with van der Waals surface area (Å²) in [4.78, 5) is 23.6. The van der Waals surface area contributed by atoms with Gasteiger partial charge in [-0.15, -0.1) is 0 Å². The Morgan fingerprint density at radius 1 is 1.22 bits per heavy atom. The fraction of sp³-hybridized carbons (Fsp3) is 0.133. The zero-order valence-electron chi connectivity index (χ0n) is 12.0. The summed E-state index contributed by atoms with van der Waals surface area (Å²) in [6.45, 7) is -0.243. The minimum atomic E-state index is -0.504. The first-order valence-electron chi connectivity index (χ1n) is 6.48. The SMILES string of the molecule is CN(C(=O)COc1cccc(Cl)c1Cl)c1ccc([N+](=O)[O-])cc1. The molecule has 0 unspecified atom stereocenters. The van der Waals surface area contributed by atoms with E-state index in [1.165, 1.54) is 29.2 Å². The average molecular weight is 355 g/mol. The van der Waals surface area contributed by atoms with Gasteiger partial charge in [-0.25, -0.2) is 0 Å². The molecular weight excluding hydrogens is 343 g/mol. The van der Waals surface area contributed by atoms with Crippen LogP contribution in [0.4, 0.5) is 11.4 Å². The molecule has 8 heteroatoms. The lowest BCUT2D eigenvalue weighted by Gasteiger charge is -2.17. The van der Waals surface area contributed by atoms with Crippen molar-refractivity contribution in [3.8, 4) is 5.75 Å². The number of ether oxygens (including phenoxy) is 1. The Morgan fingerprint density at radius 3 is 2.48 bits per heavy atom. The lowest BCUT2D eigenvalue weighted by molar-refractivity contribution is -0.384. The minimum Gasteiger partial charge on any atom is -0.482 e. The Labute approximate surface area is 142 Å². The van der Waals surface area contributed by atoms with Crippen molar-refractivity contribution in [3.05, 3.63) is 62.6 Å². The normalized spacial score (nSPS) is 10.2. The Morgan fingerprint density at radius 2 is 1.87 bits per heavy atom. The van der Waals surface area contributed by atoms with Crippen molar-refractivity contribution in [2.75, 3.05) is 18.6 Å². The molecule has 0 heterocycles. The zero-order valence-corrected chi connectivity index (χ0v) is 13.5. The van der Waals surface area contributed by atoms with E-state index >= 15 is 0 Å². The van der Waals surface area contributed by atoms with E-state index in [0.29, 0.717) is 16.5 Å². The lowest BCUT2D eigenvalue weighted by atomic mass is 10.2. The van der Waals surface area contributed by atoms with Crippen molar-refractivity contribution in [2.24, 2.45) is 0 Å². The van der Waals surface area contributed by atoms with E-state index in [1.807, 2.05) is 0 Å². The van der Waals surface area contributed by atoms with E-state index in [2.05, 4.69) is 0 Å². The van der Waals surface area contributed by atoms with Gasteiger partial charge in [-0.3, -0.25) is 14.9 Å². The number of hydrogen-bond acceptors (Lipinski definition) is 4. The number of anilines is 1. The third-order valence-corrected chi connectivity index (χ3v) is 3.89. The number of carbonyl (C=O) groups excluding carboxylic acids is 1. The molecule has 0 atom stereocenters. The van der Waals surface area contributed by atoms with Crippen LogP contribution < -0.4 is 9.64 Å². The third kappa shape index (κ3) is 4.12. The Hall–Kier alpha value is -2.31. The number of carbonyl (C=O) groups is 1. The first-order valence-corrected chi connectivity index (χ1v) is 7.23. The van der Waals surface area contributed by atoms with E-state index in [-0.39, 0.29) is 23.2 Å². The van der Waals surface area contributed by atoms with Crippen molar-refractivity contribution >= 4 is 40.5 Å². The van der Waals surface area contributed by atoms with E-state index in [4.69, 9.17) is 27.9 Å². The molecule has 0 aliphatic carbocycles. The standard InChI is InChI=1S/C15H12Cl2N2O4/c1-18(10-5-7-11(8-6-10)19(21)22)14(20)9-23-13-4-2-3-12(16)15(13)17/h2-8H,9H2,1H3. The number of likely N-dealkylation sites (N-methyl/N-ethyl adjacent to an activating group) is 1. The molecule has 0 saturated carbocycles. The van der Waals surface area contributed by atoms with Crippen LogP contribution in [-0.2, 0) is 4.79 Å². The summed E-state index contributed by atoms with van der Waals surface area (Å²) in [6.07, 6.45) is 0. The van der Waals surface area contributed by atoms with Crippen LogP contribution >= 0.6 is 23.2 Å². The predicted octanol–water partition coefficient (Wildman–Crippen LogP) is 3.94. The van der Waals surface area contributed by atoms with Crippen molar-refractivity contribution in [1.82, 2.24) is 0 Å². The maximum Gasteiger partial charge on any atom is 0.269 e. The number of benzene rings is 2. The van der Waals surface area contributed by atoms with Crippen molar-refractivity contribution in [1.29, 1.82) is 0 Å². The van der Waals surface area contributed by atoms with Gasteiger partial charge in [0.15, 0.2) is 6.61 Å². The van der Waals surface area contributed by atoms with Crippen LogP contribution in [0.1, 0.15) is 0 Å². The van der Waals surface area contributed by atoms with E-state index in [1.54, 1.807) is 25.2 Å². The Bertz CT molecular complexity index is 735. The van der Waals surface area contributed by atoms with Crippen LogP contribution in [-0.4, -0.2) is 24.5 Å². The molecule has 0 aromatic heterocycles. The quantitative estimate of drug-likeness (QED) is 0.602. The largest absolute Gasteiger partial charge is 0.482 e. The number of nitro benzene ring substituents is 1. The van der Waals surface area contributed by atoms with Crippen LogP contribution in [0.2, 0.25) is 10.0 Å². The van der Waals surface area contributed by atoms with Gasteiger partial charge >= 0.3 is 0 Å². The molecule has 0 radical (unpaired) electrons. The molecule has 0 fully saturated rings. The molecule has 0 aliphatic rings. The second-order valence-corrected chi connectivity index (χ2v) is 5.35. The summed E-state index contributed by atoms with van der Waals surface area (Å²) in [6, 6.07) is 10.5. The van der Waals surface area contributed by atoms with Gasteiger partial charge in [0.1, 0.15) is 10.8 Å². The van der Waals surface area contributed by atoms with Crippen molar-refractivity contribution in [2.45, 2.75) is 0 Å². The molecular formula is C15H12Cl2N2O4. The number of non-ortho nitro benzene ring substituents is 1. The van der Waals surface area contributed by atoms with Crippen LogP contribution in [0.15, 0.2) is 42.5 Å². The highest BCUT2D eigenvalue weighted by molar-refractivity contribution is 6.42. The Balaban J connectivity index is 2.02. The minimum absolute atomic E-state index is 0.0449. The van der Waals surface area contributed by atoms with Gasteiger partial charge in [-0.05, 0) is 24.3 Å². The van der Waals surface area contributed by atoms with Gasteiger partial charge in [0.2, 0.25) is 0 Å². The highest BCUT2D eigenvalue weighted by Crippen LogP contribution is 2.31. The van der Waals surface area contributed by atoms with Gasteiger partial charge < -0.3 is 9.64 Å². The summed E-state index contributed by atoms with van der Waals surface area (Å²) < 4.78 is 5.37. The number of halogens is 2. The van der Waals surface area contributed by atoms with E-state index < -0.39 is 4.92 Å². The van der Waals surface area contributed by atoms with Gasteiger partial charge in [0.25, 0.3) is 11.6 Å². The zero-order chi connectivity index (χ0) is 17.0. The molecule has 2 rings (SSSR count). The van der Waals surface area contributed by atoms with Gasteiger partial charge in [0, 0.05) is 24.9 Å². The van der Waals surface area contributed by atoms with E-state index in [0.717, 1.165) is 0 Å². The molecule has 120 valence electrons. The van der Waals surface area contributed by atoms with Crippen LogP contribution in [0, 0.1) is 10.1 Å². The highest BCUT2D eigenvalue weighted by atomic mass is 35.5. The van der Waals surface area contributed by atoms with Crippen molar-refractivity contribution in [3.63, 3.8) is 0 Å². The van der Waals surface area contributed by atoms with Gasteiger partial charge in [-0.1, -0.05) is 29.3 Å². The molecule has 0 spiro atoms. The molecule has 2 aromatic carbocycles. The second-order valence-electron chi connectivity index (χ2n) is 4.57. The van der Waals surface area contributed by atoms with E-state index in [9.17, 15) is 14.9 Å². The molecule has 1 amide bonds. The maximum atomic E-state index is 12.1. The number of rotatable bonds is 5. The fourth-order valence-electron chi connectivity index (χ4n) is 1.77. The maximum absolute atomic E-state index is 12.1. The molecule has 0 bridgehead atoms. The summed E-state index contributed by atoms with van der Waals surface area (Å²) in [7, 11) is 1.55. The molecule has 2 aromatic rings. The highest BCUT2D eigenvalue weighted by Gasteiger charge is 2.14. The lowest BCUT2D eigenvalue weighted by Crippen LogP contribution is -2.31. The number of hydrogen-bond donors (Lipinski definition) is 0. The molecule has 0 N–H and O–H groups in total. The van der Waals surface area contributed by atoms with Crippen LogP contribution in [0.25, 0.3) is 0 Å². The van der Waals surface area contributed by atoms with Crippen LogP contribution in [0.5, 0.6) is 5.75 Å². The topological polar surface area (TPSA) is 72.7 Å². The summed E-state index contributed by atoms with van der Waals surface area (Å²) >= 11 is 11.8. The monoisotopic (exact) mass is 354 g/mol. The number of amides is 1. The van der Waals surface area contributed by atoms with Gasteiger partial charge in [-0.2, -0.15) is 0 Å². The molecule has 0 aliphatic heterocycles. The summed E-state index contributed by atoms with van der Waals surface area (Å²) in [5.41, 5.74) is 0.470. The first kappa shape index (κ1) is 17.1. The van der Waals surface area contributed by atoms with Crippen molar-refractivity contribution < 1.29 is 14.5 Å². The Kier molecular flexibility index (Phi) is 5.41. The molecule has 6 nitrogen and oxygen atoms in total. The second kappa shape index (κ2) is 7.30. The summed E-state index contributed by atoms with van der Waals surface area (Å²) in [5, 5.41) is 11.2.